The lowest BCUT2D eigenvalue weighted by Gasteiger charge is -2.03. The Kier molecular flexibility index (Phi) is 7.24. The van der Waals surface area contributed by atoms with Crippen LogP contribution in [0.15, 0.2) is 11.6 Å². The summed E-state index contributed by atoms with van der Waals surface area (Å²) in [5.74, 6) is -0.276. The molecule has 13 heavy (non-hydrogen) atoms. The van der Waals surface area contributed by atoms with Gasteiger partial charge < -0.3 is 16.2 Å². The highest BCUT2D eigenvalue weighted by atomic mass is 16.5. The van der Waals surface area contributed by atoms with E-state index in [1.54, 1.807) is 13.0 Å². The Labute approximate surface area is 78.9 Å². The van der Waals surface area contributed by atoms with E-state index in [9.17, 15) is 4.79 Å². The van der Waals surface area contributed by atoms with Crippen LogP contribution in [0.25, 0.3) is 0 Å². The van der Waals surface area contributed by atoms with E-state index in [2.05, 4.69) is 0 Å². The van der Waals surface area contributed by atoms with Crippen molar-refractivity contribution in [3.05, 3.63) is 11.6 Å². The molecule has 4 heteroatoms. The van der Waals surface area contributed by atoms with E-state index < -0.39 is 0 Å². The third-order valence-corrected chi connectivity index (χ3v) is 1.52. The summed E-state index contributed by atoms with van der Waals surface area (Å²) in [5.41, 5.74) is 11.1. The van der Waals surface area contributed by atoms with Crippen LogP contribution in [0.1, 0.15) is 19.8 Å². The Morgan fingerprint density at radius 1 is 1.38 bits per heavy atom. The number of esters is 1. The van der Waals surface area contributed by atoms with Crippen LogP contribution in [0.2, 0.25) is 0 Å². The summed E-state index contributed by atoms with van der Waals surface area (Å²) in [6.07, 6.45) is 3.19. The molecule has 0 spiro atoms. The maximum atomic E-state index is 11.2. The number of carbonyl (C=O) groups is 1. The highest BCUT2D eigenvalue weighted by Gasteiger charge is 2.03. The van der Waals surface area contributed by atoms with E-state index in [1.807, 2.05) is 0 Å². The van der Waals surface area contributed by atoms with Gasteiger partial charge in [0.15, 0.2) is 0 Å². The normalized spacial score (nSPS) is 11.5. The predicted molar refractivity (Wildman–Crippen MR) is 52.1 cm³/mol. The fourth-order valence-corrected chi connectivity index (χ4v) is 0.745. The Hall–Kier alpha value is -0.870. The second-order valence-electron chi connectivity index (χ2n) is 2.74. The molecule has 0 atom stereocenters. The smallest absolute Gasteiger partial charge is 0.333 e. The number of ether oxygens (including phenoxy) is 1. The van der Waals surface area contributed by atoms with Gasteiger partial charge in [-0.05, 0) is 32.9 Å². The molecule has 0 aliphatic heterocycles. The van der Waals surface area contributed by atoms with Crippen LogP contribution < -0.4 is 11.5 Å². The third-order valence-electron chi connectivity index (χ3n) is 1.52. The minimum absolute atomic E-state index is 0.276. The van der Waals surface area contributed by atoms with Crippen molar-refractivity contribution in [3.8, 4) is 0 Å². The van der Waals surface area contributed by atoms with Gasteiger partial charge in [-0.2, -0.15) is 0 Å². The fourth-order valence-electron chi connectivity index (χ4n) is 0.745. The third kappa shape index (κ3) is 6.31. The molecule has 0 rings (SSSR count). The molecule has 76 valence electrons. The van der Waals surface area contributed by atoms with Gasteiger partial charge >= 0.3 is 5.97 Å². The largest absolute Gasteiger partial charge is 0.462 e. The van der Waals surface area contributed by atoms with E-state index in [0.717, 1.165) is 0 Å². The summed E-state index contributed by atoms with van der Waals surface area (Å²) in [5, 5.41) is 0. The SMILES string of the molecule is CC(=CCCN)C(=O)OCCCN. The Morgan fingerprint density at radius 3 is 2.62 bits per heavy atom. The van der Waals surface area contributed by atoms with E-state index >= 15 is 0 Å². The van der Waals surface area contributed by atoms with Gasteiger partial charge in [0.1, 0.15) is 0 Å². The van der Waals surface area contributed by atoms with E-state index in [-0.39, 0.29) is 5.97 Å². The van der Waals surface area contributed by atoms with Crippen LogP contribution in [-0.2, 0) is 9.53 Å². The summed E-state index contributed by atoms with van der Waals surface area (Å²) in [4.78, 5) is 11.2. The monoisotopic (exact) mass is 186 g/mol. The van der Waals surface area contributed by atoms with Crippen LogP contribution in [0.3, 0.4) is 0 Å². The molecule has 0 bridgehead atoms. The molecule has 0 aromatic carbocycles. The average molecular weight is 186 g/mol. The summed E-state index contributed by atoms with van der Waals surface area (Å²) in [6, 6.07) is 0. The maximum Gasteiger partial charge on any atom is 0.333 e. The topological polar surface area (TPSA) is 78.3 Å². The van der Waals surface area contributed by atoms with E-state index in [1.165, 1.54) is 0 Å². The quantitative estimate of drug-likeness (QED) is 0.352. The number of hydrogen-bond acceptors (Lipinski definition) is 4. The molecular weight excluding hydrogens is 168 g/mol. The summed E-state index contributed by atoms with van der Waals surface area (Å²) in [6.45, 7) is 3.20. The second-order valence-corrected chi connectivity index (χ2v) is 2.74. The second kappa shape index (κ2) is 7.76. The van der Waals surface area contributed by atoms with Crippen LogP contribution >= 0.6 is 0 Å². The first-order valence-electron chi connectivity index (χ1n) is 4.46. The van der Waals surface area contributed by atoms with Crippen molar-refractivity contribution in [2.24, 2.45) is 11.5 Å². The summed E-state index contributed by atoms with van der Waals surface area (Å²) >= 11 is 0. The molecule has 0 aliphatic rings. The minimum atomic E-state index is -0.276. The van der Waals surface area contributed by atoms with Gasteiger partial charge in [0.05, 0.1) is 6.61 Å². The van der Waals surface area contributed by atoms with Gasteiger partial charge in [-0.15, -0.1) is 0 Å². The molecule has 0 aromatic rings. The maximum absolute atomic E-state index is 11.2. The molecule has 0 aliphatic carbocycles. The fraction of sp³-hybridized carbons (Fsp3) is 0.667. The van der Waals surface area contributed by atoms with Crippen molar-refractivity contribution < 1.29 is 9.53 Å². The van der Waals surface area contributed by atoms with Crippen molar-refractivity contribution in [2.75, 3.05) is 19.7 Å². The molecule has 4 N–H and O–H groups in total. The zero-order chi connectivity index (χ0) is 10.1. The Bertz CT molecular complexity index is 178. The number of nitrogens with two attached hydrogens (primary N) is 2. The molecule has 0 fully saturated rings. The molecule has 0 unspecified atom stereocenters. The predicted octanol–water partition coefficient (Wildman–Crippen LogP) is 0.174. The summed E-state index contributed by atoms with van der Waals surface area (Å²) in [7, 11) is 0. The standard InChI is InChI=1S/C9H18N2O2/c1-8(4-2-5-10)9(12)13-7-3-6-11/h4H,2-3,5-7,10-11H2,1H3. The van der Waals surface area contributed by atoms with E-state index in [0.29, 0.717) is 38.1 Å². The van der Waals surface area contributed by atoms with Crippen molar-refractivity contribution in [1.29, 1.82) is 0 Å². The van der Waals surface area contributed by atoms with Gasteiger partial charge in [0, 0.05) is 5.57 Å². The number of rotatable bonds is 6. The number of carbonyl (C=O) groups excluding carboxylic acids is 1. The van der Waals surface area contributed by atoms with Crippen LogP contribution in [0.4, 0.5) is 0 Å². The van der Waals surface area contributed by atoms with Crippen LogP contribution in [0.5, 0.6) is 0 Å². The van der Waals surface area contributed by atoms with Crippen molar-refractivity contribution in [1.82, 2.24) is 0 Å². The zero-order valence-corrected chi connectivity index (χ0v) is 8.08. The minimum Gasteiger partial charge on any atom is -0.462 e. The molecule has 4 nitrogen and oxygen atoms in total. The Morgan fingerprint density at radius 2 is 2.08 bits per heavy atom. The van der Waals surface area contributed by atoms with Gasteiger partial charge in [0.2, 0.25) is 0 Å². The van der Waals surface area contributed by atoms with Crippen molar-refractivity contribution in [2.45, 2.75) is 19.8 Å². The van der Waals surface area contributed by atoms with Crippen LogP contribution in [0, 0.1) is 0 Å². The lowest BCUT2D eigenvalue weighted by molar-refractivity contribution is -0.139. The highest BCUT2D eigenvalue weighted by molar-refractivity contribution is 5.87. The van der Waals surface area contributed by atoms with Gasteiger partial charge in [-0.3, -0.25) is 0 Å². The first-order chi connectivity index (χ1) is 6.22. The van der Waals surface area contributed by atoms with Gasteiger partial charge in [0.25, 0.3) is 0 Å². The van der Waals surface area contributed by atoms with E-state index in [4.69, 9.17) is 16.2 Å². The summed E-state index contributed by atoms with van der Waals surface area (Å²) < 4.78 is 4.91. The molecule has 0 radical (unpaired) electrons. The molecule has 0 saturated carbocycles. The van der Waals surface area contributed by atoms with Gasteiger partial charge in [-0.25, -0.2) is 4.79 Å². The molecule has 0 saturated heterocycles. The Balaban J connectivity index is 3.69. The van der Waals surface area contributed by atoms with Crippen molar-refractivity contribution in [3.63, 3.8) is 0 Å². The lowest BCUT2D eigenvalue weighted by atomic mass is 10.2. The lowest BCUT2D eigenvalue weighted by Crippen LogP contribution is -2.10. The molecule has 0 aromatic heterocycles. The van der Waals surface area contributed by atoms with Gasteiger partial charge in [-0.1, -0.05) is 6.08 Å². The van der Waals surface area contributed by atoms with Crippen molar-refractivity contribution >= 4 is 5.97 Å². The first-order valence-corrected chi connectivity index (χ1v) is 4.46. The average Bonchev–Trinajstić information content (AvgIpc) is 2.14. The molecular formula is C9H18N2O2. The molecule has 0 heterocycles. The highest BCUT2D eigenvalue weighted by Crippen LogP contribution is 1.98. The first kappa shape index (κ1) is 12.1. The zero-order valence-electron chi connectivity index (χ0n) is 8.08. The molecule has 0 amide bonds. The van der Waals surface area contributed by atoms with Crippen LogP contribution in [-0.4, -0.2) is 25.7 Å². The number of hydrogen-bond donors (Lipinski definition) is 2.